The maximum Gasteiger partial charge on any atom is 0.262 e. The number of rotatable bonds is 6. The zero-order valence-corrected chi connectivity index (χ0v) is 16.3. The molecule has 0 fully saturated rings. The second-order valence-corrected chi connectivity index (χ2v) is 7.36. The smallest absolute Gasteiger partial charge is 0.262 e. The topological polar surface area (TPSA) is 64.1 Å². The summed E-state index contributed by atoms with van der Waals surface area (Å²) in [7, 11) is 1.44. The molecule has 2 aromatic rings. The average Bonchev–Trinajstić information content (AvgIpc) is 3.04. The van der Waals surface area contributed by atoms with E-state index in [2.05, 4.69) is 36.3 Å². The molecule has 0 saturated heterocycles. The van der Waals surface area contributed by atoms with Gasteiger partial charge in [0.1, 0.15) is 10.6 Å². The molecule has 24 heavy (non-hydrogen) atoms. The number of carbonyl (C=O) groups is 1. The van der Waals surface area contributed by atoms with Gasteiger partial charge in [-0.2, -0.15) is 0 Å². The number of ether oxygens (including phenoxy) is 1. The molecule has 0 spiro atoms. The van der Waals surface area contributed by atoms with E-state index in [1.54, 1.807) is 12.1 Å². The van der Waals surface area contributed by atoms with Gasteiger partial charge in [-0.1, -0.05) is 55.3 Å². The number of methoxy groups -OCH3 is 1. The molecule has 8 heteroatoms. The fourth-order valence-corrected chi connectivity index (χ4v) is 3.67. The maximum atomic E-state index is 12.6. The molecule has 0 unspecified atom stereocenters. The molecule has 0 atom stereocenters. The molecule has 2 rings (SSSR count). The van der Waals surface area contributed by atoms with Crippen LogP contribution in [0.4, 0.5) is 5.13 Å². The van der Waals surface area contributed by atoms with Crippen LogP contribution in [0.25, 0.3) is 0 Å². The third kappa shape index (κ3) is 3.66. The monoisotopic (exact) mass is 387 g/mol. The van der Waals surface area contributed by atoms with Crippen molar-refractivity contribution in [3.05, 3.63) is 32.7 Å². The molecular formula is C16H19Cl2N3O2S. The highest BCUT2D eigenvalue weighted by Crippen LogP contribution is 2.36. The quantitative estimate of drug-likeness (QED) is 0.740. The molecule has 1 aromatic heterocycles. The first-order valence-corrected chi connectivity index (χ1v) is 9.10. The van der Waals surface area contributed by atoms with Gasteiger partial charge in [0.2, 0.25) is 5.13 Å². The standard InChI is InChI=1S/C16H19Cl2N3O2S/c1-5-16(3,6-2)14-20-21-15(24-14)19-13(22)11-9(17)7-8-10(18)12(11)23-4/h7-8H,5-6H2,1-4H3,(H,19,21,22). The summed E-state index contributed by atoms with van der Waals surface area (Å²) in [6, 6.07) is 3.13. The largest absolute Gasteiger partial charge is 0.494 e. The number of anilines is 1. The Labute approximate surface area is 155 Å². The molecule has 5 nitrogen and oxygen atoms in total. The Morgan fingerprint density at radius 2 is 1.88 bits per heavy atom. The van der Waals surface area contributed by atoms with E-state index in [-0.39, 0.29) is 21.8 Å². The number of benzene rings is 1. The van der Waals surface area contributed by atoms with Crippen molar-refractivity contribution in [2.75, 3.05) is 12.4 Å². The van der Waals surface area contributed by atoms with Crippen LogP contribution in [0.3, 0.4) is 0 Å². The molecule has 1 N–H and O–H groups in total. The summed E-state index contributed by atoms with van der Waals surface area (Å²) in [4.78, 5) is 12.6. The van der Waals surface area contributed by atoms with Crippen LogP contribution in [0.15, 0.2) is 12.1 Å². The fraction of sp³-hybridized carbons (Fsp3) is 0.438. The highest BCUT2D eigenvalue weighted by molar-refractivity contribution is 7.15. The molecular weight excluding hydrogens is 369 g/mol. The molecule has 0 saturated carbocycles. The average molecular weight is 388 g/mol. The number of halogens is 2. The lowest BCUT2D eigenvalue weighted by molar-refractivity contribution is 0.102. The zero-order chi connectivity index (χ0) is 17.9. The summed E-state index contributed by atoms with van der Waals surface area (Å²) in [6.07, 6.45) is 1.89. The van der Waals surface area contributed by atoms with E-state index in [1.165, 1.54) is 18.4 Å². The number of aromatic nitrogens is 2. The summed E-state index contributed by atoms with van der Waals surface area (Å²) in [6.45, 7) is 6.36. The van der Waals surface area contributed by atoms with E-state index in [0.29, 0.717) is 10.2 Å². The van der Waals surface area contributed by atoms with Crippen molar-refractivity contribution < 1.29 is 9.53 Å². The maximum absolute atomic E-state index is 12.6. The molecule has 1 amide bonds. The molecule has 1 heterocycles. The number of carbonyl (C=O) groups excluding carboxylic acids is 1. The van der Waals surface area contributed by atoms with Gasteiger partial charge in [0.05, 0.1) is 17.2 Å². The van der Waals surface area contributed by atoms with Crippen molar-refractivity contribution in [2.45, 2.75) is 39.0 Å². The van der Waals surface area contributed by atoms with Crippen molar-refractivity contribution in [1.82, 2.24) is 10.2 Å². The third-order valence-electron chi connectivity index (χ3n) is 4.21. The van der Waals surface area contributed by atoms with E-state index in [9.17, 15) is 4.79 Å². The SMILES string of the molecule is CCC(C)(CC)c1nnc(NC(=O)c2c(Cl)ccc(Cl)c2OC)s1. The van der Waals surface area contributed by atoms with Crippen LogP contribution in [0.1, 0.15) is 49.0 Å². The Kier molecular flexibility index (Phi) is 6.06. The number of amides is 1. The van der Waals surface area contributed by atoms with Gasteiger partial charge in [-0.25, -0.2) is 0 Å². The summed E-state index contributed by atoms with van der Waals surface area (Å²) >= 11 is 13.6. The molecule has 130 valence electrons. The lowest BCUT2D eigenvalue weighted by atomic mass is 9.86. The van der Waals surface area contributed by atoms with Crippen molar-refractivity contribution in [2.24, 2.45) is 0 Å². The Balaban J connectivity index is 2.29. The fourth-order valence-electron chi connectivity index (χ4n) is 2.17. The number of hydrogen-bond donors (Lipinski definition) is 1. The van der Waals surface area contributed by atoms with Gasteiger partial charge in [-0.3, -0.25) is 10.1 Å². The summed E-state index contributed by atoms with van der Waals surface area (Å²) in [5.41, 5.74) is 0.128. The van der Waals surface area contributed by atoms with E-state index in [4.69, 9.17) is 27.9 Å². The van der Waals surface area contributed by atoms with E-state index in [0.717, 1.165) is 17.8 Å². The predicted octanol–water partition coefficient (Wildman–Crippen LogP) is 5.18. The zero-order valence-electron chi connectivity index (χ0n) is 13.9. The third-order valence-corrected chi connectivity index (χ3v) is 5.97. The minimum absolute atomic E-state index is 0.0496. The molecule has 0 aliphatic heterocycles. The van der Waals surface area contributed by atoms with Gasteiger partial charge in [0.15, 0.2) is 5.75 Å². The van der Waals surface area contributed by atoms with Gasteiger partial charge in [0, 0.05) is 5.41 Å². The molecule has 0 aliphatic rings. The van der Waals surface area contributed by atoms with Gasteiger partial charge in [0.25, 0.3) is 5.91 Å². The minimum Gasteiger partial charge on any atom is -0.494 e. The van der Waals surface area contributed by atoms with Crippen LogP contribution in [0.5, 0.6) is 5.75 Å². The van der Waals surface area contributed by atoms with E-state index < -0.39 is 5.91 Å². The highest BCUT2D eigenvalue weighted by atomic mass is 35.5. The number of hydrogen-bond acceptors (Lipinski definition) is 5. The lowest BCUT2D eigenvalue weighted by Crippen LogP contribution is -2.19. The van der Waals surface area contributed by atoms with Gasteiger partial charge < -0.3 is 4.74 Å². The number of nitrogens with zero attached hydrogens (tertiary/aromatic N) is 2. The normalized spacial score (nSPS) is 11.4. The summed E-state index contributed by atoms with van der Waals surface area (Å²) < 4.78 is 5.20. The minimum atomic E-state index is -0.434. The van der Waals surface area contributed by atoms with Crippen molar-refractivity contribution in [3.8, 4) is 5.75 Å². The summed E-state index contributed by atoms with van der Waals surface area (Å²) in [5, 5.41) is 12.9. The predicted molar refractivity (Wildman–Crippen MR) is 98.8 cm³/mol. The van der Waals surface area contributed by atoms with Crippen molar-refractivity contribution >= 4 is 45.6 Å². The van der Waals surface area contributed by atoms with E-state index in [1.807, 2.05) is 0 Å². The van der Waals surface area contributed by atoms with Gasteiger partial charge in [-0.15, -0.1) is 10.2 Å². The molecule has 0 aliphatic carbocycles. The van der Waals surface area contributed by atoms with E-state index >= 15 is 0 Å². The highest BCUT2D eigenvalue weighted by Gasteiger charge is 2.28. The second kappa shape index (κ2) is 7.68. The Morgan fingerprint density at radius 1 is 1.25 bits per heavy atom. The summed E-state index contributed by atoms with van der Waals surface area (Å²) in [5.74, 6) is -0.199. The van der Waals surface area contributed by atoms with Crippen LogP contribution < -0.4 is 10.1 Å². The Bertz CT molecular complexity index is 745. The lowest BCUT2D eigenvalue weighted by Gasteiger charge is -2.22. The van der Waals surface area contributed by atoms with Crippen molar-refractivity contribution in [3.63, 3.8) is 0 Å². The van der Waals surface area contributed by atoms with Crippen LogP contribution in [0.2, 0.25) is 10.0 Å². The van der Waals surface area contributed by atoms with Crippen LogP contribution >= 0.6 is 34.5 Å². The first kappa shape index (κ1) is 19.0. The Morgan fingerprint density at radius 3 is 2.46 bits per heavy atom. The van der Waals surface area contributed by atoms with Crippen LogP contribution in [-0.4, -0.2) is 23.2 Å². The van der Waals surface area contributed by atoms with Gasteiger partial charge in [-0.05, 0) is 25.0 Å². The first-order chi connectivity index (χ1) is 11.4. The van der Waals surface area contributed by atoms with Crippen LogP contribution in [-0.2, 0) is 5.41 Å². The molecule has 0 bridgehead atoms. The van der Waals surface area contributed by atoms with Crippen LogP contribution in [0, 0.1) is 0 Å². The first-order valence-electron chi connectivity index (χ1n) is 7.53. The van der Waals surface area contributed by atoms with Crippen molar-refractivity contribution in [1.29, 1.82) is 0 Å². The van der Waals surface area contributed by atoms with Gasteiger partial charge >= 0.3 is 0 Å². The molecule has 1 aromatic carbocycles. The molecule has 0 radical (unpaired) electrons. The number of nitrogens with one attached hydrogen (secondary N) is 1. The Hall–Kier alpha value is -1.37. The second-order valence-electron chi connectivity index (χ2n) is 5.57.